The molecule has 0 saturated heterocycles. The van der Waals surface area contributed by atoms with Gasteiger partial charge in [-0.2, -0.15) is 4.80 Å². The number of tetrazole rings is 1. The Hall–Kier alpha value is -2.49. The first kappa shape index (κ1) is 16.4. The summed E-state index contributed by atoms with van der Waals surface area (Å²) in [6.07, 6.45) is 0. The number of benzene rings is 1. The van der Waals surface area contributed by atoms with Crippen molar-refractivity contribution in [1.82, 2.24) is 35.1 Å². The molecule has 2 N–H and O–H groups in total. The van der Waals surface area contributed by atoms with Crippen molar-refractivity contribution >= 4 is 11.8 Å². The van der Waals surface area contributed by atoms with Gasteiger partial charge in [-0.3, -0.25) is 0 Å². The molecule has 3 rings (SSSR count). The fourth-order valence-electron chi connectivity index (χ4n) is 1.89. The summed E-state index contributed by atoms with van der Waals surface area (Å²) >= 11 is 1.35. The van der Waals surface area contributed by atoms with Crippen molar-refractivity contribution in [2.75, 3.05) is 5.84 Å². The van der Waals surface area contributed by atoms with Gasteiger partial charge in [0.1, 0.15) is 5.82 Å². The minimum atomic E-state index is -0.315. The van der Waals surface area contributed by atoms with Crippen LogP contribution in [0.2, 0.25) is 0 Å². The van der Waals surface area contributed by atoms with E-state index in [0.29, 0.717) is 28.1 Å². The Labute approximate surface area is 142 Å². The Kier molecular flexibility index (Phi) is 4.22. The van der Waals surface area contributed by atoms with E-state index in [4.69, 9.17) is 5.84 Å². The van der Waals surface area contributed by atoms with Crippen LogP contribution < -0.4 is 5.84 Å². The van der Waals surface area contributed by atoms with Crippen molar-refractivity contribution in [1.29, 1.82) is 0 Å². The van der Waals surface area contributed by atoms with Gasteiger partial charge in [0.25, 0.3) is 0 Å². The van der Waals surface area contributed by atoms with Gasteiger partial charge in [-0.05, 0) is 50.3 Å². The lowest BCUT2D eigenvalue weighted by Crippen LogP contribution is -2.24. The van der Waals surface area contributed by atoms with Crippen molar-refractivity contribution in [2.45, 2.75) is 37.2 Å². The number of aromatic nitrogens is 7. The highest BCUT2D eigenvalue weighted by Crippen LogP contribution is 2.23. The van der Waals surface area contributed by atoms with Crippen molar-refractivity contribution < 1.29 is 4.39 Å². The van der Waals surface area contributed by atoms with E-state index in [1.807, 2.05) is 20.8 Å². The molecule has 126 valence electrons. The Morgan fingerprint density at radius 3 is 2.46 bits per heavy atom. The molecular weight excluding hydrogens is 331 g/mol. The van der Waals surface area contributed by atoms with E-state index in [1.165, 1.54) is 28.6 Å². The summed E-state index contributed by atoms with van der Waals surface area (Å²) in [4.78, 5) is 1.57. The number of hydrogen-bond donors (Lipinski definition) is 1. The number of hydrogen-bond acceptors (Lipinski definition) is 7. The van der Waals surface area contributed by atoms with Gasteiger partial charge >= 0.3 is 0 Å². The molecule has 0 saturated carbocycles. The van der Waals surface area contributed by atoms with E-state index < -0.39 is 0 Å². The van der Waals surface area contributed by atoms with Crippen LogP contribution in [0.5, 0.6) is 0 Å². The van der Waals surface area contributed by atoms with Crippen LogP contribution in [-0.2, 0) is 11.3 Å². The molecule has 0 aliphatic heterocycles. The van der Waals surface area contributed by atoms with Gasteiger partial charge in [-0.25, -0.2) is 9.07 Å². The van der Waals surface area contributed by atoms with Crippen LogP contribution in [0.3, 0.4) is 0 Å². The molecule has 0 unspecified atom stereocenters. The first-order valence-corrected chi connectivity index (χ1v) is 8.22. The van der Waals surface area contributed by atoms with Crippen LogP contribution >= 0.6 is 11.8 Å². The van der Waals surface area contributed by atoms with Crippen LogP contribution in [0, 0.1) is 5.82 Å². The van der Waals surface area contributed by atoms with Crippen molar-refractivity contribution in [2.24, 2.45) is 0 Å². The fourth-order valence-corrected chi connectivity index (χ4v) is 2.58. The van der Waals surface area contributed by atoms with Gasteiger partial charge in [-0.1, -0.05) is 11.8 Å². The zero-order valence-corrected chi connectivity index (χ0v) is 14.3. The van der Waals surface area contributed by atoms with Gasteiger partial charge < -0.3 is 5.84 Å². The maximum atomic E-state index is 13.0. The molecule has 24 heavy (non-hydrogen) atoms. The van der Waals surface area contributed by atoms with Gasteiger partial charge in [0, 0.05) is 5.56 Å². The van der Waals surface area contributed by atoms with E-state index >= 15 is 0 Å². The minimum Gasteiger partial charge on any atom is -0.335 e. The second-order valence-electron chi connectivity index (χ2n) is 6.14. The SMILES string of the molecule is CC(C)(C)n1nnc(CSc2nnc(-c3ccc(F)cc3)n2N)n1. The summed E-state index contributed by atoms with van der Waals surface area (Å²) in [5, 5.41) is 21.0. The lowest BCUT2D eigenvalue weighted by atomic mass is 10.1. The summed E-state index contributed by atoms with van der Waals surface area (Å²) in [6.45, 7) is 5.99. The van der Waals surface area contributed by atoms with Crippen LogP contribution in [0.25, 0.3) is 11.4 Å². The van der Waals surface area contributed by atoms with E-state index in [-0.39, 0.29) is 11.4 Å². The molecule has 0 amide bonds. The number of nitrogens with zero attached hydrogens (tertiary/aromatic N) is 7. The quantitative estimate of drug-likeness (QED) is 0.567. The number of thioether (sulfide) groups is 1. The average Bonchev–Trinajstić information content (AvgIpc) is 3.13. The Balaban J connectivity index is 1.73. The third kappa shape index (κ3) is 3.37. The second kappa shape index (κ2) is 6.19. The van der Waals surface area contributed by atoms with Gasteiger partial charge in [0.2, 0.25) is 5.16 Å². The molecule has 0 radical (unpaired) electrons. The molecule has 0 fully saturated rings. The standard InChI is InChI=1S/C14H17FN8S/c1-14(2,3)23-20-11(17-21-23)8-24-13-19-18-12(22(13)16)9-4-6-10(15)7-5-9/h4-7H,8,16H2,1-3H3. The Morgan fingerprint density at radius 2 is 1.83 bits per heavy atom. The summed E-state index contributed by atoms with van der Waals surface area (Å²) in [5.74, 6) is 7.23. The molecule has 0 atom stereocenters. The lowest BCUT2D eigenvalue weighted by Gasteiger charge is -2.15. The molecule has 0 aliphatic carbocycles. The molecule has 8 nitrogen and oxygen atoms in total. The Bertz CT molecular complexity index is 833. The van der Waals surface area contributed by atoms with Crippen molar-refractivity contribution in [3.8, 4) is 11.4 Å². The molecule has 1 aromatic carbocycles. The highest BCUT2D eigenvalue weighted by molar-refractivity contribution is 7.98. The third-order valence-electron chi connectivity index (χ3n) is 3.15. The van der Waals surface area contributed by atoms with Crippen LogP contribution in [0.15, 0.2) is 29.4 Å². The minimum absolute atomic E-state index is 0.223. The normalized spacial score (nSPS) is 11.8. The van der Waals surface area contributed by atoms with E-state index in [2.05, 4.69) is 25.6 Å². The molecule has 0 spiro atoms. The van der Waals surface area contributed by atoms with Crippen molar-refractivity contribution in [3.63, 3.8) is 0 Å². The van der Waals surface area contributed by atoms with E-state index in [9.17, 15) is 4.39 Å². The van der Waals surface area contributed by atoms with Crippen molar-refractivity contribution in [3.05, 3.63) is 35.9 Å². The molecule has 10 heteroatoms. The topological polar surface area (TPSA) is 100 Å². The molecule has 2 aromatic heterocycles. The van der Waals surface area contributed by atoms with Crippen LogP contribution in [0.4, 0.5) is 4.39 Å². The maximum absolute atomic E-state index is 13.0. The average molecular weight is 348 g/mol. The number of nitrogen functional groups attached to an aromatic ring is 1. The molecule has 3 aromatic rings. The summed E-state index contributed by atoms with van der Waals surface area (Å²) in [6, 6.07) is 5.92. The first-order chi connectivity index (χ1) is 11.3. The molecular formula is C14H17FN8S. The number of rotatable bonds is 4. The van der Waals surface area contributed by atoms with Gasteiger partial charge in [0.15, 0.2) is 11.6 Å². The first-order valence-electron chi connectivity index (χ1n) is 7.23. The number of halogens is 1. The maximum Gasteiger partial charge on any atom is 0.210 e. The van der Waals surface area contributed by atoms with E-state index in [0.717, 1.165) is 0 Å². The van der Waals surface area contributed by atoms with E-state index in [1.54, 1.807) is 16.9 Å². The highest BCUT2D eigenvalue weighted by atomic mass is 32.2. The van der Waals surface area contributed by atoms with Gasteiger partial charge in [0.05, 0.1) is 11.3 Å². The highest BCUT2D eigenvalue weighted by Gasteiger charge is 2.18. The summed E-state index contributed by atoms with van der Waals surface area (Å²) in [7, 11) is 0. The largest absolute Gasteiger partial charge is 0.335 e. The summed E-state index contributed by atoms with van der Waals surface area (Å²) in [5.41, 5.74) is 0.467. The van der Waals surface area contributed by atoms with Gasteiger partial charge in [-0.15, -0.1) is 20.4 Å². The molecule has 2 heterocycles. The predicted molar refractivity (Wildman–Crippen MR) is 87.9 cm³/mol. The zero-order chi connectivity index (χ0) is 17.3. The second-order valence-corrected chi connectivity index (χ2v) is 7.08. The monoisotopic (exact) mass is 348 g/mol. The Morgan fingerprint density at radius 1 is 1.12 bits per heavy atom. The van der Waals surface area contributed by atoms with Crippen LogP contribution in [0.1, 0.15) is 26.6 Å². The third-order valence-corrected chi connectivity index (χ3v) is 4.09. The molecule has 0 bridgehead atoms. The smallest absolute Gasteiger partial charge is 0.210 e. The van der Waals surface area contributed by atoms with Crippen LogP contribution in [-0.4, -0.2) is 35.1 Å². The number of nitrogens with two attached hydrogens (primary N) is 1. The predicted octanol–water partition coefficient (Wildman–Crippen LogP) is 1.83. The molecule has 0 aliphatic rings. The fraction of sp³-hybridized carbons (Fsp3) is 0.357. The summed E-state index contributed by atoms with van der Waals surface area (Å²) < 4.78 is 14.4. The zero-order valence-electron chi connectivity index (χ0n) is 13.5. The lowest BCUT2D eigenvalue weighted by molar-refractivity contribution is 0.305.